The first-order chi connectivity index (χ1) is 15.6. The highest BCUT2D eigenvalue weighted by Gasteiger charge is 2.48. The third-order valence-electron chi connectivity index (χ3n) is 6.48. The highest BCUT2D eigenvalue weighted by atomic mass is 19.4. The number of fused-ring (bicyclic) bond motifs is 2. The second kappa shape index (κ2) is 7.77. The molecule has 0 aromatic carbocycles. The van der Waals surface area contributed by atoms with Crippen LogP contribution in [0, 0.1) is 11.8 Å². The number of aromatic nitrogens is 5. The summed E-state index contributed by atoms with van der Waals surface area (Å²) in [4.78, 5) is 14.5. The molecule has 3 atom stereocenters. The Bertz CT molecular complexity index is 1150. The lowest BCUT2D eigenvalue weighted by Crippen LogP contribution is -2.35. The first-order valence-electron chi connectivity index (χ1n) is 10.6. The number of alkyl halides is 5. The standard InChI is InChI=1S/C21H22F5N7/c1-20(31-17-8-28-15-7-29-33(11-16(22)23)19(15)30-17)5-12-9-32(10-13(12)6-20)18-14(21(24,25)26)3-2-4-27-18/h2-4,7-8,12-13,16H,5-6,9-11H2,1H3,(H,30,31)/t12-,13+,20?. The third-order valence-corrected chi connectivity index (χ3v) is 6.48. The lowest BCUT2D eigenvalue weighted by molar-refractivity contribution is -0.137. The van der Waals surface area contributed by atoms with Crippen LogP contribution in [0.1, 0.15) is 25.3 Å². The van der Waals surface area contributed by atoms with Crippen molar-refractivity contribution in [1.82, 2.24) is 24.7 Å². The van der Waals surface area contributed by atoms with Crippen molar-refractivity contribution in [2.45, 2.75) is 44.5 Å². The van der Waals surface area contributed by atoms with Crippen LogP contribution in [0.3, 0.4) is 0 Å². The van der Waals surface area contributed by atoms with Crippen LogP contribution in [0.4, 0.5) is 33.6 Å². The predicted molar refractivity (Wildman–Crippen MR) is 111 cm³/mol. The van der Waals surface area contributed by atoms with Crippen molar-refractivity contribution in [2.24, 2.45) is 11.8 Å². The van der Waals surface area contributed by atoms with E-state index in [4.69, 9.17) is 0 Å². The summed E-state index contributed by atoms with van der Waals surface area (Å²) in [6.07, 6.45) is -1.21. The fourth-order valence-electron chi connectivity index (χ4n) is 5.27. The number of hydrogen-bond acceptors (Lipinski definition) is 6. The Morgan fingerprint density at radius 1 is 1.15 bits per heavy atom. The summed E-state index contributed by atoms with van der Waals surface area (Å²) in [5.74, 6) is 0.845. The molecular formula is C21H22F5N7. The maximum Gasteiger partial charge on any atom is 0.419 e. The normalized spacial score (nSPS) is 25.2. The number of pyridine rings is 1. The van der Waals surface area contributed by atoms with Gasteiger partial charge in [-0.1, -0.05) is 0 Å². The van der Waals surface area contributed by atoms with E-state index < -0.39 is 24.7 Å². The molecule has 0 bridgehead atoms. The summed E-state index contributed by atoms with van der Waals surface area (Å²) in [6, 6.07) is 2.37. The Labute approximate surface area is 186 Å². The van der Waals surface area contributed by atoms with Gasteiger partial charge < -0.3 is 10.2 Å². The molecule has 3 aromatic heterocycles. The molecule has 2 fully saturated rings. The van der Waals surface area contributed by atoms with E-state index in [-0.39, 0.29) is 28.8 Å². The number of anilines is 2. The number of nitrogens with zero attached hydrogens (tertiary/aromatic N) is 6. The number of rotatable bonds is 5. The van der Waals surface area contributed by atoms with E-state index in [9.17, 15) is 22.0 Å². The summed E-state index contributed by atoms with van der Waals surface area (Å²) < 4.78 is 66.9. The number of hydrogen-bond donors (Lipinski definition) is 1. The summed E-state index contributed by atoms with van der Waals surface area (Å²) >= 11 is 0. The van der Waals surface area contributed by atoms with Crippen LogP contribution in [-0.4, -0.2) is 49.8 Å². The van der Waals surface area contributed by atoms with Crippen molar-refractivity contribution in [3.8, 4) is 0 Å². The van der Waals surface area contributed by atoms with Gasteiger partial charge in [0, 0.05) is 24.8 Å². The maximum atomic E-state index is 13.4. The molecule has 2 aliphatic rings. The van der Waals surface area contributed by atoms with Gasteiger partial charge >= 0.3 is 6.18 Å². The highest BCUT2D eigenvalue weighted by molar-refractivity contribution is 5.71. The number of nitrogens with one attached hydrogen (secondary N) is 1. The second-order valence-electron chi connectivity index (χ2n) is 9.07. The molecule has 7 nitrogen and oxygen atoms in total. The van der Waals surface area contributed by atoms with Crippen LogP contribution in [0.2, 0.25) is 0 Å². The van der Waals surface area contributed by atoms with Crippen LogP contribution >= 0.6 is 0 Å². The van der Waals surface area contributed by atoms with Crippen molar-refractivity contribution in [3.05, 3.63) is 36.3 Å². The Hall–Kier alpha value is -3.05. The van der Waals surface area contributed by atoms with Crippen LogP contribution in [0.25, 0.3) is 11.2 Å². The van der Waals surface area contributed by atoms with E-state index in [1.54, 1.807) is 11.1 Å². The Kier molecular flexibility index (Phi) is 5.13. The molecule has 1 saturated carbocycles. The monoisotopic (exact) mass is 467 g/mol. The fourth-order valence-corrected chi connectivity index (χ4v) is 5.27. The maximum absolute atomic E-state index is 13.4. The van der Waals surface area contributed by atoms with Gasteiger partial charge in [0.1, 0.15) is 23.7 Å². The first-order valence-corrected chi connectivity index (χ1v) is 10.6. The van der Waals surface area contributed by atoms with E-state index in [2.05, 4.69) is 25.4 Å². The van der Waals surface area contributed by atoms with E-state index in [1.165, 1.54) is 18.5 Å². The lowest BCUT2D eigenvalue weighted by atomic mass is 9.98. The van der Waals surface area contributed by atoms with Gasteiger partial charge in [-0.15, -0.1) is 0 Å². The molecule has 4 heterocycles. The van der Waals surface area contributed by atoms with Gasteiger partial charge in [0.05, 0.1) is 18.0 Å². The minimum absolute atomic E-state index is 0.0160. The Morgan fingerprint density at radius 2 is 1.88 bits per heavy atom. The first kappa shape index (κ1) is 21.8. The van der Waals surface area contributed by atoms with Gasteiger partial charge in [-0.25, -0.2) is 28.4 Å². The van der Waals surface area contributed by atoms with E-state index in [0.717, 1.165) is 23.6 Å². The van der Waals surface area contributed by atoms with Gasteiger partial charge in [0.25, 0.3) is 6.43 Å². The van der Waals surface area contributed by atoms with E-state index in [1.807, 2.05) is 6.92 Å². The number of halogens is 5. The average Bonchev–Trinajstić information content (AvgIpc) is 3.38. The summed E-state index contributed by atoms with van der Waals surface area (Å²) in [5, 5.41) is 7.31. The smallest absolute Gasteiger partial charge is 0.364 e. The van der Waals surface area contributed by atoms with Gasteiger partial charge in [-0.2, -0.15) is 18.3 Å². The molecule has 1 aliphatic heterocycles. The Morgan fingerprint density at radius 3 is 2.55 bits per heavy atom. The SMILES string of the molecule is CC1(Nc2cnc3cnn(CC(F)F)c3n2)C[C@H]2CN(c3ncccc3C(F)(F)F)C[C@H]2C1. The van der Waals surface area contributed by atoms with Crippen molar-refractivity contribution in [3.63, 3.8) is 0 Å². The van der Waals surface area contributed by atoms with Crippen LogP contribution < -0.4 is 10.2 Å². The molecule has 1 saturated heterocycles. The quantitative estimate of drug-likeness (QED) is 0.567. The van der Waals surface area contributed by atoms with E-state index in [0.29, 0.717) is 24.4 Å². The van der Waals surface area contributed by atoms with Crippen molar-refractivity contribution in [1.29, 1.82) is 0 Å². The van der Waals surface area contributed by atoms with Gasteiger partial charge in [0.15, 0.2) is 5.65 Å². The Balaban J connectivity index is 1.30. The molecule has 5 rings (SSSR count). The zero-order valence-corrected chi connectivity index (χ0v) is 17.7. The lowest BCUT2D eigenvalue weighted by Gasteiger charge is -2.29. The van der Waals surface area contributed by atoms with Crippen molar-refractivity contribution >= 4 is 22.8 Å². The summed E-state index contributed by atoms with van der Waals surface area (Å²) in [5.41, 5.74) is -0.340. The zero-order valence-electron chi connectivity index (χ0n) is 17.7. The molecule has 1 unspecified atom stereocenters. The van der Waals surface area contributed by atoms with Crippen molar-refractivity contribution < 1.29 is 22.0 Å². The fraction of sp³-hybridized carbons (Fsp3) is 0.524. The predicted octanol–water partition coefficient (Wildman–Crippen LogP) is 4.22. The molecule has 176 valence electrons. The summed E-state index contributed by atoms with van der Waals surface area (Å²) in [7, 11) is 0. The zero-order chi connectivity index (χ0) is 23.4. The minimum Gasteiger partial charge on any atom is -0.364 e. The molecule has 1 aliphatic carbocycles. The molecule has 12 heteroatoms. The minimum atomic E-state index is -4.45. The van der Waals surface area contributed by atoms with Gasteiger partial charge in [-0.3, -0.25) is 0 Å². The topological polar surface area (TPSA) is 71.8 Å². The third kappa shape index (κ3) is 4.18. The van der Waals surface area contributed by atoms with Crippen LogP contribution in [0.15, 0.2) is 30.7 Å². The molecular weight excluding hydrogens is 445 g/mol. The molecule has 0 radical (unpaired) electrons. The average molecular weight is 467 g/mol. The van der Waals surface area contributed by atoms with Gasteiger partial charge in [0.2, 0.25) is 0 Å². The second-order valence-corrected chi connectivity index (χ2v) is 9.07. The van der Waals surface area contributed by atoms with Crippen LogP contribution in [-0.2, 0) is 12.7 Å². The molecule has 0 amide bonds. The van der Waals surface area contributed by atoms with Gasteiger partial charge in [-0.05, 0) is 43.7 Å². The molecule has 1 N–H and O–H groups in total. The molecule has 3 aromatic rings. The van der Waals surface area contributed by atoms with Crippen LogP contribution in [0.5, 0.6) is 0 Å². The highest BCUT2D eigenvalue weighted by Crippen LogP contribution is 2.47. The van der Waals surface area contributed by atoms with E-state index >= 15 is 0 Å². The molecule has 33 heavy (non-hydrogen) atoms. The van der Waals surface area contributed by atoms with Crippen molar-refractivity contribution in [2.75, 3.05) is 23.3 Å². The largest absolute Gasteiger partial charge is 0.419 e. The summed E-state index contributed by atoms with van der Waals surface area (Å²) in [6.45, 7) is 2.47. The molecule has 0 spiro atoms.